The molecule has 0 bridgehead atoms. The number of hydrogen-bond acceptors (Lipinski definition) is 4. The van der Waals surface area contributed by atoms with E-state index in [0.717, 1.165) is 19.2 Å². The van der Waals surface area contributed by atoms with Gasteiger partial charge in [0.15, 0.2) is 0 Å². The molecule has 4 nitrogen and oxygen atoms in total. The van der Waals surface area contributed by atoms with Crippen LogP contribution in [-0.4, -0.2) is 19.7 Å². The van der Waals surface area contributed by atoms with E-state index in [1.165, 1.54) is 12.1 Å². The van der Waals surface area contributed by atoms with Crippen molar-refractivity contribution in [2.75, 3.05) is 13.7 Å². The van der Waals surface area contributed by atoms with Crippen LogP contribution in [0.3, 0.4) is 0 Å². The van der Waals surface area contributed by atoms with Gasteiger partial charge in [-0.05, 0) is 11.6 Å². The molecule has 1 rings (SSSR count). The zero-order chi connectivity index (χ0) is 13.8. The lowest BCUT2D eigenvalue weighted by atomic mass is 9.98. The first kappa shape index (κ1) is 14.5. The van der Waals surface area contributed by atoms with Gasteiger partial charge < -0.3 is 9.57 Å². The van der Waals surface area contributed by atoms with Crippen LogP contribution in [0.5, 0.6) is 0 Å². The van der Waals surface area contributed by atoms with Crippen molar-refractivity contribution in [3.05, 3.63) is 35.4 Å². The van der Waals surface area contributed by atoms with Gasteiger partial charge in [-0.2, -0.15) is 13.2 Å². The van der Waals surface area contributed by atoms with Crippen LogP contribution in [0.2, 0.25) is 0 Å². The second kappa shape index (κ2) is 5.83. The molecule has 100 valence electrons. The lowest BCUT2D eigenvalue weighted by Gasteiger charge is -2.15. The fourth-order valence-electron chi connectivity index (χ4n) is 1.47. The minimum Gasteiger partial charge on any atom is -0.468 e. The molecule has 0 fully saturated rings. The van der Waals surface area contributed by atoms with E-state index in [9.17, 15) is 18.0 Å². The van der Waals surface area contributed by atoms with E-state index in [4.69, 9.17) is 5.90 Å². The molecular formula is C11H12F3NO3. The van der Waals surface area contributed by atoms with E-state index in [2.05, 4.69) is 9.57 Å². The Kier molecular flexibility index (Phi) is 4.69. The first-order valence-electron chi connectivity index (χ1n) is 4.96. The van der Waals surface area contributed by atoms with E-state index in [1.807, 2.05) is 0 Å². The van der Waals surface area contributed by atoms with Crippen molar-refractivity contribution in [3.63, 3.8) is 0 Å². The Morgan fingerprint density at radius 3 is 2.61 bits per heavy atom. The highest BCUT2D eigenvalue weighted by atomic mass is 19.4. The van der Waals surface area contributed by atoms with Crippen molar-refractivity contribution in [1.29, 1.82) is 0 Å². The number of alkyl halides is 3. The number of carbonyl (C=O) groups is 1. The summed E-state index contributed by atoms with van der Waals surface area (Å²) in [6, 6.07) is 4.39. The maximum Gasteiger partial charge on any atom is 0.416 e. The maximum atomic E-state index is 12.5. The summed E-state index contributed by atoms with van der Waals surface area (Å²) in [7, 11) is 1.14. The molecule has 0 amide bonds. The second-order valence-electron chi connectivity index (χ2n) is 3.53. The molecule has 1 atom stereocenters. The molecule has 1 unspecified atom stereocenters. The van der Waals surface area contributed by atoms with Crippen LogP contribution in [0, 0.1) is 0 Å². The van der Waals surface area contributed by atoms with E-state index >= 15 is 0 Å². The lowest BCUT2D eigenvalue weighted by Crippen LogP contribution is -2.22. The Bertz CT molecular complexity index is 420. The predicted octanol–water partition coefficient (Wildman–Crippen LogP) is 1.85. The highest BCUT2D eigenvalue weighted by molar-refractivity contribution is 5.78. The van der Waals surface area contributed by atoms with E-state index in [1.54, 1.807) is 0 Å². The van der Waals surface area contributed by atoms with Gasteiger partial charge in [0.05, 0.1) is 19.3 Å². The van der Waals surface area contributed by atoms with Gasteiger partial charge in [0, 0.05) is 0 Å². The standard InChI is InChI=1S/C11H12F3NO3/c1-17-10(16)9(6-18-15)7-3-2-4-8(5-7)11(12,13)14/h2-5,9H,6,15H2,1H3. The van der Waals surface area contributed by atoms with E-state index < -0.39 is 23.6 Å². The average Bonchev–Trinajstić information content (AvgIpc) is 2.34. The topological polar surface area (TPSA) is 61.5 Å². The highest BCUT2D eigenvalue weighted by Crippen LogP contribution is 2.31. The fourth-order valence-corrected chi connectivity index (χ4v) is 1.47. The van der Waals surface area contributed by atoms with Crippen molar-refractivity contribution in [2.45, 2.75) is 12.1 Å². The van der Waals surface area contributed by atoms with Crippen molar-refractivity contribution >= 4 is 5.97 Å². The number of esters is 1. The summed E-state index contributed by atoms with van der Waals surface area (Å²) in [4.78, 5) is 15.7. The van der Waals surface area contributed by atoms with Gasteiger partial charge >= 0.3 is 12.1 Å². The monoisotopic (exact) mass is 263 g/mol. The third-order valence-corrected chi connectivity index (χ3v) is 2.36. The number of ether oxygens (including phenoxy) is 1. The Balaban J connectivity index is 3.09. The van der Waals surface area contributed by atoms with Gasteiger partial charge in [0.25, 0.3) is 0 Å². The molecule has 18 heavy (non-hydrogen) atoms. The van der Waals surface area contributed by atoms with E-state index in [0.29, 0.717) is 0 Å². The molecule has 0 heterocycles. The number of rotatable bonds is 4. The summed E-state index contributed by atoms with van der Waals surface area (Å²) in [6.07, 6.45) is -4.47. The molecule has 1 aromatic rings. The molecule has 0 aromatic heterocycles. The lowest BCUT2D eigenvalue weighted by molar-refractivity contribution is -0.144. The number of hydrogen-bond donors (Lipinski definition) is 1. The average molecular weight is 263 g/mol. The summed E-state index contributed by atoms with van der Waals surface area (Å²) in [6.45, 7) is -0.256. The number of benzene rings is 1. The number of carbonyl (C=O) groups excluding carboxylic acids is 1. The number of nitrogens with two attached hydrogens (primary N) is 1. The molecule has 0 spiro atoms. The molecule has 1 aromatic carbocycles. The molecule has 0 aliphatic carbocycles. The van der Waals surface area contributed by atoms with Gasteiger partial charge in [-0.15, -0.1) is 0 Å². The zero-order valence-corrected chi connectivity index (χ0v) is 9.53. The molecule has 0 aliphatic heterocycles. The largest absolute Gasteiger partial charge is 0.468 e. The van der Waals surface area contributed by atoms with Crippen molar-refractivity contribution in [3.8, 4) is 0 Å². The van der Waals surface area contributed by atoms with E-state index in [-0.39, 0.29) is 12.2 Å². The quantitative estimate of drug-likeness (QED) is 0.665. The maximum absolute atomic E-state index is 12.5. The first-order chi connectivity index (χ1) is 8.40. The molecule has 0 saturated heterocycles. The molecule has 0 aliphatic rings. The first-order valence-corrected chi connectivity index (χ1v) is 4.96. The van der Waals surface area contributed by atoms with Crippen LogP contribution in [0.1, 0.15) is 17.0 Å². The van der Waals surface area contributed by atoms with Gasteiger partial charge in [-0.1, -0.05) is 18.2 Å². The Hall–Kier alpha value is -1.60. The molecular weight excluding hydrogens is 251 g/mol. The number of methoxy groups -OCH3 is 1. The van der Waals surface area contributed by atoms with Gasteiger partial charge in [-0.3, -0.25) is 4.79 Å². The summed E-state index contributed by atoms with van der Waals surface area (Å²) in [5.74, 6) is 3.16. The van der Waals surface area contributed by atoms with Crippen LogP contribution in [0.15, 0.2) is 24.3 Å². The number of halogens is 3. The Morgan fingerprint density at radius 2 is 2.11 bits per heavy atom. The van der Waals surface area contributed by atoms with Crippen LogP contribution in [0.25, 0.3) is 0 Å². The van der Waals surface area contributed by atoms with Crippen LogP contribution < -0.4 is 5.90 Å². The minimum absolute atomic E-state index is 0.141. The molecule has 7 heteroatoms. The molecule has 0 saturated carbocycles. The Morgan fingerprint density at radius 1 is 1.44 bits per heavy atom. The summed E-state index contributed by atoms with van der Waals surface area (Å²) >= 11 is 0. The predicted molar refractivity (Wildman–Crippen MR) is 56.3 cm³/mol. The van der Waals surface area contributed by atoms with Crippen LogP contribution in [0.4, 0.5) is 13.2 Å². The van der Waals surface area contributed by atoms with Crippen LogP contribution >= 0.6 is 0 Å². The molecule has 0 radical (unpaired) electrons. The Labute approximate surface area is 101 Å². The molecule has 2 N–H and O–H groups in total. The van der Waals surface area contributed by atoms with Crippen molar-refractivity contribution < 1.29 is 27.5 Å². The smallest absolute Gasteiger partial charge is 0.416 e. The van der Waals surface area contributed by atoms with Gasteiger partial charge in [0.2, 0.25) is 0 Å². The van der Waals surface area contributed by atoms with Gasteiger partial charge in [-0.25, -0.2) is 5.90 Å². The second-order valence-corrected chi connectivity index (χ2v) is 3.53. The highest BCUT2D eigenvalue weighted by Gasteiger charge is 2.32. The zero-order valence-electron chi connectivity index (χ0n) is 9.53. The SMILES string of the molecule is COC(=O)C(CON)c1cccc(C(F)(F)F)c1. The minimum atomic E-state index is -4.47. The van der Waals surface area contributed by atoms with Crippen LogP contribution in [-0.2, 0) is 20.5 Å². The fraction of sp³-hybridized carbons (Fsp3) is 0.364. The third-order valence-electron chi connectivity index (χ3n) is 2.36. The summed E-state index contributed by atoms with van der Waals surface area (Å²) in [5, 5.41) is 0. The normalized spacial score (nSPS) is 13.2. The van der Waals surface area contributed by atoms with Gasteiger partial charge in [0.1, 0.15) is 5.92 Å². The van der Waals surface area contributed by atoms with Crippen molar-refractivity contribution in [2.24, 2.45) is 5.90 Å². The summed E-state index contributed by atoms with van der Waals surface area (Å²) < 4.78 is 42.1. The third kappa shape index (κ3) is 3.44. The summed E-state index contributed by atoms with van der Waals surface area (Å²) in [5.41, 5.74) is -0.701. The van der Waals surface area contributed by atoms with Crippen molar-refractivity contribution in [1.82, 2.24) is 0 Å².